The van der Waals surface area contributed by atoms with Gasteiger partial charge in [0.25, 0.3) is 0 Å². The zero-order valence-corrected chi connectivity index (χ0v) is 20.1. The molecule has 3 aromatic rings. The molecule has 2 aliphatic heterocycles. The molecule has 1 fully saturated rings. The molecule has 2 heterocycles. The molecule has 2 atom stereocenters. The Balaban J connectivity index is 1.15. The molecule has 190 valence electrons. The van der Waals surface area contributed by atoms with Crippen molar-refractivity contribution in [2.24, 2.45) is 0 Å². The molecule has 2 bridgehead atoms. The smallest absolute Gasteiger partial charge is 0.448 e. The fourth-order valence-electron chi connectivity index (χ4n) is 6.12. The lowest BCUT2D eigenvalue weighted by Crippen LogP contribution is -2.44. The maximum Gasteiger partial charge on any atom is 0.573 e. The monoisotopic (exact) mass is 505 g/mol. The second-order valence-corrected chi connectivity index (χ2v) is 9.87. The Morgan fingerprint density at radius 3 is 2.22 bits per heavy atom. The second kappa shape index (κ2) is 9.29. The molecule has 0 radical (unpaired) electrons. The van der Waals surface area contributed by atoms with Crippen LogP contribution in [0.15, 0.2) is 84.4 Å². The van der Waals surface area contributed by atoms with Crippen molar-refractivity contribution >= 4 is 6.09 Å². The molecular formula is C30H26F3NO3. The summed E-state index contributed by atoms with van der Waals surface area (Å²) in [5.74, 6) is -0.183. The number of benzene rings is 3. The zero-order chi connectivity index (χ0) is 25.6. The average Bonchev–Trinajstić information content (AvgIpc) is 3.34. The Labute approximate surface area is 213 Å². The van der Waals surface area contributed by atoms with Gasteiger partial charge in [0.1, 0.15) is 12.4 Å². The van der Waals surface area contributed by atoms with Crippen molar-refractivity contribution in [3.8, 4) is 16.9 Å². The summed E-state index contributed by atoms with van der Waals surface area (Å²) in [5.41, 5.74) is 6.20. The number of carbonyl (C=O) groups excluding carboxylic acids is 1. The summed E-state index contributed by atoms with van der Waals surface area (Å²) < 4.78 is 48.6. The van der Waals surface area contributed by atoms with Crippen molar-refractivity contribution in [2.75, 3.05) is 6.61 Å². The molecule has 3 aliphatic rings. The van der Waals surface area contributed by atoms with Gasteiger partial charge in [0, 0.05) is 12.0 Å². The Kier molecular flexibility index (Phi) is 5.94. The molecule has 0 N–H and O–H groups in total. The number of carbonyl (C=O) groups is 1. The van der Waals surface area contributed by atoms with E-state index < -0.39 is 6.36 Å². The highest BCUT2D eigenvalue weighted by molar-refractivity contribution is 5.79. The quantitative estimate of drug-likeness (QED) is 0.343. The topological polar surface area (TPSA) is 38.8 Å². The van der Waals surface area contributed by atoms with Crippen molar-refractivity contribution in [3.63, 3.8) is 0 Å². The van der Waals surface area contributed by atoms with Crippen molar-refractivity contribution in [1.82, 2.24) is 4.90 Å². The largest absolute Gasteiger partial charge is 0.573 e. The number of fused-ring (bicyclic) bond motifs is 5. The van der Waals surface area contributed by atoms with Crippen molar-refractivity contribution < 1.29 is 27.4 Å². The summed E-state index contributed by atoms with van der Waals surface area (Å²) in [7, 11) is 0. The third kappa shape index (κ3) is 4.59. The number of nitrogens with zero attached hydrogens (tertiary/aromatic N) is 1. The van der Waals surface area contributed by atoms with Crippen LogP contribution in [0.4, 0.5) is 18.0 Å². The van der Waals surface area contributed by atoms with Gasteiger partial charge < -0.3 is 9.47 Å². The standard InChI is InChI=1S/C30H26F3NO3/c31-30(32,33)37-28-12-6-1-7-20(28)15-19-16-21-13-14-22(17-19)34(21)29(35)36-18-27-25-10-4-2-8-23(25)24-9-3-5-11-26(24)27/h1-12,16,21-22,27H,13-15,17-18H2. The van der Waals surface area contributed by atoms with E-state index in [9.17, 15) is 18.0 Å². The first-order valence-electron chi connectivity index (χ1n) is 12.5. The van der Waals surface area contributed by atoms with Gasteiger partial charge in [-0.05, 0) is 59.6 Å². The van der Waals surface area contributed by atoms with Gasteiger partial charge in [-0.1, -0.05) is 78.4 Å². The molecule has 37 heavy (non-hydrogen) atoms. The normalized spacial score (nSPS) is 20.3. The fourth-order valence-corrected chi connectivity index (χ4v) is 6.12. The van der Waals surface area contributed by atoms with Crippen LogP contribution in [0.3, 0.4) is 0 Å². The molecule has 1 saturated heterocycles. The van der Waals surface area contributed by atoms with E-state index in [1.165, 1.54) is 34.4 Å². The number of para-hydroxylation sites is 1. The van der Waals surface area contributed by atoms with Gasteiger partial charge in [0.05, 0.1) is 6.04 Å². The number of alkyl halides is 3. The number of hydrogen-bond acceptors (Lipinski definition) is 3. The van der Waals surface area contributed by atoms with Crippen LogP contribution in [0, 0.1) is 0 Å². The first-order chi connectivity index (χ1) is 17.9. The van der Waals surface area contributed by atoms with Crippen LogP contribution in [-0.4, -0.2) is 36.0 Å². The van der Waals surface area contributed by atoms with Crippen molar-refractivity contribution in [3.05, 3.63) is 101 Å². The highest BCUT2D eigenvalue weighted by Gasteiger charge is 2.41. The SMILES string of the molecule is O=C(OCC1c2ccccc2-c2ccccc21)N1C2C=C(Cc3ccccc3OC(F)(F)F)CC1CC2. The predicted octanol–water partition coefficient (Wildman–Crippen LogP) is 7.24. The number of amides is 1. The Morgan fingerprint density at radius 1 is 0.892 bits per heavy atom. The third-order valence-electron chi connectivity index (χ3n) is 7.63. The molecule has 0 spiro atoms. The van der Waals surface area contributed by atoms with Crippen LogP contribution in [0.2, 0.25) is 0 Å². The summed E-state index contributed by atoms with van der Waals surface area (Å²) in [6.45, 7) is 0.265. The van der Waals surface area contributed by atoms with Crippen LogP contribution in [0.1, 0.15) is 41.9 Å². The molecule has 0 saturated carbocycles. The summed E-state index contributed by atoms with van der Waals surface area (Å²) >= 11 is 0. The minimum atomic E-state index is -4.74. The highest BCUT2D eigenvalue weighted by Crippen LogP contribution is 2.45. The lowest BCUT2D eigenvalue weighted by Gasteiger charge is -2.33. The molecule has 0 aromatic heterocycles. The van der Waals surface area contributed by atoms with Crippen LogP contribution < -0.4 is 4.74 Å². The minimum Gasteiger partial charge on any atom is -0.448 e. The molecular weight excluding hydrogens is 479 g/mol. The van der Waals surface area contributed by atoms with Crippen LogP contribution in [0.25, 0.3) is 11.1 Å². The average molecular weight is 506 g/mol. The van der Waals surface area contributed by atoms with Crippen LogP contribution in [0.5, 0.6) is 5.75 Å². The van der Waals surface area contributed by atoms with Gasteiger partial charge in [-0.3, -0.25) is 4.90 Å². The Morgan fingerprint density at radius 2 is 1.54 bits per heavy atom. The molecule has 7 heteroatoms. The molecule has 6 rings (SSSR count). The Bertz CT molecular complexity index is 1320. The zero-order valence-electron chi connectivity index (χ0n) is 20.1. The van der Waals surface area contributed by atoms with Crippen molar-refractivity contribution in [1.29, 1.82) is 0 Å². The minimum absolute atomic E-state index is 0.00460. The van der Waals surface area contributed by atoms with E-state index in [4.69, 9.17) is 4.74 Å². The fraction of sp³-hybridized carbons (Fsp3) is 0.300. The van der Waals surface area contributed by atoms with E-state index >= 15 is 0 Å². The lowest BCUT2D eigenvalue weighted by atomic mass is 9.95. The summed E-state index contributed by atoms with van der Waals surface area (Å²) in [4.78, 5) is 15.1. The lowest BCUT2D eigenvalue weighted by molar-refractivity contribution is -0.274. The molecule has 2 unspecified atom stereocenters. The number of halogens is 3. The summed E-state index contributed by atoms with van der Waals surface area (Å²) in [6, 6.07) is 22.5. The van der Waals surface area contributed by atoms with E-state index in [-0.39, 0.29) is 36.5 Å². The Hall–Kier alpha value is -3.74. The first-order valence-corrected chi connectivity index (χ1v) is 12.5. The summed E-state index contributed by atoms with van der Waals surface area (Å²) in [5, 5.41) is 0. The van der Waals surface area contributed by atoms with Crippen molar-refractivity contribution in [2.45, 2.75) is 50.0 Å². The van der Waals surface area contributed by atoms with E-state index in [0.717, 1.165) is 18.4 Å². The van der Waals surface area contributed by atoms with E-state index in [2.05, 4.69) is 29.0 Å². The van der Waals surface area contributed by atoms with Gasteiger partial charge in [-0.2, -0.15) is 0 Å². The predicted molar refractivity (Wildman–Crippen MR) is 133 cm³/mol. The van der Waals surface area contributed by atoms with Gasteiger partial charge in [-0.25, -0.2) is 4.79 Å². The number of hydrogen-bond donors (Lipinski definition) is 0. The van der Waals surface area contributed by atoms with Crippen LogP contribution >= 0.6 is 0 Å². The van der Waals surface area contributed by atoms with E-state index in [1.807, 2.05) is 35.2 Å². The first kappa shape index (κ1) is 23.6. The van der Waals surface area contributed by atoms with Gasteiger partial charge in [0.2, 0.25) is 0 Å². The third-order valence-corrected chi connectivity index (χ3v) is 7.63. The maximum atomic E-state index is 13.2. The molecule has 3 aromatic carbocycles. The van der Waals surface area contributed by atoms with Gasteiger partial charge in [0.15, 0.2) is 0 Å². The van der Waals surface area contributed by atoms with E-state index in [0.29, 0.717) is 18.4 Å². The maximum absolute atomic E-state index is 13.2. The van der Waals surface area contributed by atoms with E-state index in [1.54, 1.807) is 12.1 Å². The highest BCUT2D eigenvalue weighted by atomic mass is 19.4. The summed E-state index contributed by atoms with van der Waals surface area (Å²) in [6.07, 6.45) is -0.412. The van der Waals surface area contributed by atoms with Crippen LogP contribution in [-0.2, 0) is 11.2 Å². The molecule has 4 nitrogen and oxygen atoms in total. The van der Waals surface area contributed by atoms with Gasteiger partial charge in [-0.15, -0.1) is 13.2 Å². The molecule has 1 amide bonds. The second-order valence-electron chi connectivity index (χ2n) is 9.87. The number of ether oxygens (including phenoxy) is 2. The molecule has 1 aliphatic carbocycles. The number of rotatable bonds is 5. The van der Waals surface area contributed by atoms with Gasteiger partial charge >= 0.3 is 12.5 Å².